The Morgan fingerprint density at radius 3 is 0.488 bits per heavy atom. The average molecular weight is 1580 g/mol. The quantitative estimate of drug-likeness (QED) is 0.125. The molecule has 24 aromatic rings. The van der Waals surface area contributed by atoms with Crippen LogP contribution in [0.3, 0.4) is 0 Å². The molecule has 21 nitrogen and oxygen atoms in total. The minimum Gasteiger partial charge on any atom is -0.366 e. The highest BCUT2D eigenvalue weighted by molar-refractivity contribution is 7.11. The van der Waals surface area contributed by atoms with Gasteiger partial charge in [0.2, 0.25) is 17.8 Å². The summed E-state index contributed by atoms with van der Waals surface area (Å²) in [5, 5.41) is 13.1. The summed E-state index contributed by atoms with van der Waals surface area (Å²) in [7, 11) is -2.90. The highest BCUT2D eigenvalue weighted by Gasteiger charge is 2.72. The molecule has 0 N–H and O–H groups in total. The minimum absolute atomic E-state index is 0.382. The van der Waals surface area contributed by atoms with E-state index in [0.29, 0.717) is 70.2 Å². The molecular weight excluding hydrogens is 1520 g/mol. The van der Waals surface area contributed by atoms with Gasteiger partial charge in [-0.3, -0.25) is 27.4 Å². The summed E-state index contributed by atoms with van der Waals surface area (Å²) in [5.74, 6) is 6.88. The summed E-state index contributed by atoms with van der Waals surface area (Å²) < 4.78 is 20.9. The molecule has 4 aliphatic rings. The largest absolute Gasteiger partial charge is 0.494 e. The van der Waals surface area contributed by atoms with Gasteiger partial charge in [-0.15, -0.1) is 0 Å². The van der Waals surface area contributed by atoms with Crippen molar-refractivity contribution in [1.82, 2.24) is 72.3 Å². The van der Waals surface area contributed by atoms with Gasteiger partial charge in [0.1, 0.15) is 52.4 Å². The smallest absolute Gasteiger partial charge is 0.366 e. The first-order valence-corrected chi connectivity index (χ1v) is 41.3. The van der Waals surface area contributed by atoms with Crippen LogP contribution >= 0.6 is 0 Å². The first-order chi connectivity index (χ1) is 61.1. The molecular formula is C99H60B3N21. The molecule has 0 bridgehead atoms. The van der Waals surface area contributed by atoms with E-state index >= 15 is 0 Å². The Kier molecular flexibility index (Phi) is 13.4. The number of fused-ring (bicyclic) bond motifs is 30. The molecule has 12 aromatic carbocycles. The molecule has 1 fully saturated rings. The van der Waals surface area contributed by atoms with Crippen LogP contribution in [0.1, 0.15) is 0 Å². The van der Waals surface area contributed by atoms with Crippen LogP contribution < -0.4 is 28.6 Å². The van der Waals surface area contributed by atoms with Gasteiger partial charge in [-0.1, -0.05) is 218 Å². The summed E-state index contributed by atoms with van der Waals surface area (Å²) >= 11 is 0. The fourth-order valence-electron chi connectivity index (χ4n) is 20.8. The van der Waals surface area contributed by atoms with Gasteiger partial charge in [-0.05, 0) is 109 Å². The second-order valence-corrected chi connectivity index (χ2v) is 31.8. The van der Waals surface area contributed by atoms with E-state index in [1.807, 2.05) is 36.8 Å². The Balaban J connectivity index is 0.755. The average Bonchev–Trinajstić information content (AvgIpc) is 1.50. The van der Waals surface area contributed by atoms with Crippen LogP contribution in [0.15, 0.2) is 364 Å². The number of anilines is 9. The summed E-state index contributed by atoms with van der Waals surface area (Å²) in [4.78, 5) is 60.3. The molecule has 0 unspecified atom stereocenters. The summed E-state index contributed by atoms with van der Waals surface area (Å²) in [6.07, 6.45) is 5.64. The molecule has 24 heteroatoms. The van der Waals surface area contributed by atoms with Gasteiger partial charge in [0, 0.05) is 101 Å². The van der Waals surface area contributed by atoms with Crippen molar-refractivity contribution >= 4 is 205 Å². The van der Waals surface area contributed by atoms with Crippen molar-refractivity contribution in [1.29, 1.82) is 0 Å². The van der Waals surface area contributed by atoms with E-state index in [4.69, 9.17) is 44.9 Å². The van der Waals surface area contributed by atoms with Gasteiger partial charge in [0.25, 0.3) is 0 Å². The Labute approximate surface area is 700 Å². The summed E-state index contributed by atoms with van der Waals surface area (Å²) in [6, 6.07) is 122. The van der Waals surface area contributed by atoms with Crippen molar-refractivity contribution in [3.05, 3.63) is 364 Å². The number of aromatic nitrogens is 15. The molecule has 0 amide bonds. The lowest BCUT2D eigenvalue weighted by Crippen LogP contribution is -2.84. The first-order valence-electron chi connectivity index (χ1n) is 41.3. The predicted molar refractivity (Wildman–Crippen MR) is 496 cm³/mol. The number of pyridine rings is 3. The molecule has 28 rings (SSSR count). The Hall–Kier alpha value is -16.9. The van der Waals surface area contributed by atoms with Crippen LogP contribution in [0.4, 0.5) is 52.4 Å². The molecule has 12 aromatic heterocycles. The summed E-state index contributed by atoms with van der Waals surface area (Å²) in [5.41, 5.74) is 14.0. The molecule has 123 heavy (non-hydrogen) atoms. The highest BCUT2D eigenvalue weighted by Crippen LogP contribution is 2.57. The van der Waals surface area contributed by atoms with Crippen molar-refractivity contribution in [2.24, 2.45) is 0 Å². The maximum atomic E-state index is 6.08. The zero-order valence-electron chi connectivity index (χ0n) is 65.3. The highest BCUT2D eigenvalue weighted by atomic mass is 15.6. The van der Waals surface area contributed by atoms with Crippen molar-refractivity contribution in [2.75, 3.05) is 28.6 Å². The van der Waals surface area contributed by atoms with Crippen LogP contribution in [0.2, 0.25) is 0 Å². The lowest BCUT2D eigenvalue weighted by molar-refractivity contribution is 0.973. The number of hydrogen-bond donors (Lipinski definition) is 0. The van der Waals surface area contributed by atoms with E-state index in [9.17, 15) is 0 Å². The molecule has 0 saturated carbocycles. The Morgan fingerprint density at radius 1 is 0.171 bits per heavy atom. The fraction of sp³-hybridized carbons (Fsp3) is 0. The van der Waals surface area contributed by atoms with Crippen molar-refractivity contribution in [3.8, 4) is 34.9 Å². The molecule has 16 heterocycles. The molecule has 0 radical (unpaired) electrons. The SMILES string of the molecule is c1cnc2c(c1)N(c1nc(-n3c4ccccc4c4ccccc43)cc(-n3c4ccccc4c4ccccc43)n1)B1N2B2N(B3N1c1ncccc1N3c1nc(-n3c4ccccc4c4ccccc43)cc(-n3c4ccccc4c4ccccc43)n1)c1ncccc1N2c1nc(-n2c3ccccc3c3ccccc32)cc(-n2c3ccccc3c3ccccc32)n1. The van der Waals surface area contributed by atoms with Crippen molar-refractivity contribution < 1.29 is 0 Å². The predicted octanol–water partition coefficient (Wildman–Crippen LogP) is 21.1. The maximum absolute atomic E-state index is 6.08. The van der Waals surface area contributed by atoms with Gasteiger partial charge < -0.3 is 28.6 Å². The van der Waals surface area contributed by atoms with E-state index in [2.05, 4.69) is 384 Å². The zero-order valence-corrected chi connectivity index (χ0v) is 65.3. The van der Waals surface area contributed by atoms with Crippen LogP contribution in [0, 0.1) is 0 Å². The van der Waals surface area contributed by atoms with Gasteiger partial charge in [-0.2, -0.15) is 29.9 Å². The number of benzene rings is 12. The van der Waals surface area contributed by atoms with Crippen molar-refractivity contribution in [3.63, 3.8) is 0 Å². The van der Waals surface area contributed by atoms with E-state index in [-0.39, 0.29) is 0 Å². The second kappa shape index (κ2) is 24.9. The number of nitrogens with zero attached hydrogens (tertiary/aromatic N) is 21. The standard InChI is InChI=1S/C99H60B3N21/c1-13-40-73-61(28-1)62-29-2-14-41-74(62)112(73)88-58-89(113-75-42-15-3-30-63(75)64-31-4-16-43-76(64)113)107-97(106-88)118-85-52-25-55-103-94(85)121-100(118)122-95-86(53-26-56-104-95)119(98-108-90(114-77-44-17-5-32-65(77)66-33-6-18-45-78(66)114)59-91(109-98)115-79-46-19-7-34-67(79)68-35-8-20-47-80(68)115)102(122)123-96-87(54-27-57-105-96)120(101(121)123)99-110-92(116-81-48-21-9-36-69(81)70-37-10-22-49-82(70)116)60-93(111-99)117-83-50-23-11-38-71(83)72-39-12-24-51-84(72)117/h1-60H. The van der Waals surface area contributed by atoms with Crippen LogP contribution in [-0.4, -0.2) is 93.6 Å². The Bertz CT molecular complexity index is 7180. The van der Waals surface area contributed by atoms with Crippen LogP contribution in [0.5, 0.6) is 0 Å². The third-order valence-electron chi connectivity index (χ3n) is 25.6. The maximum Gasteiger partial charge on any atom is 0.494 e. The number of rotatable bonds is 9. The van der Waals surface area contributed by atoms with E-state index < -0.39 is 21.4 Å². The summed E-state index contributed by atoms with van der Waals surface area (Å²) in [6.45, 7) is 0. The minimum atomic E-state index is -0.967. The third kappa shape index (κ3) is 9.02. The van der Waals surface area contributed by atoms with E-state index in [1.165, 1.54) is 0 Å². The van der Waals surface area contributed by atoms with Gasteiger partial charge in [-0.25, -0.2) is 15.0 Å². The molecule has 570 valence electrons. The van der Waals surface area contributed by atoms with Crippen LogP contribution in [-0.2, 0) is 0 Å². The second-order valence-electron chi connectivity index (χ2n) is 31.8. The zero-order chi connectivity index (χ0) is 80.0. The van der Waals surface area contributed by atoms with Gasteiger partial charge in [0.05, 0.1) is 83.3 Å². The monoisotopic (exact) mass is 1580 g/mol. The number of hydrogen-bond acceptors (Lipinski definition) is 15. The van der Waals surface area contributed by atoms with Crippen LogP contribution in [0.25, 0.3) is 166 Å². The molecule has 0 spiro atoms. The lowest BCUT2D eigenvalue weighted by atomic mass is 9.56. The molecule has 0 aliphatic carbocycles. The van der Waals surface area contributed by atoms with Crippen molar-refractivity contribution in [2.45, 2.75) is 0 Å². The Morgan fingerprint density at radius 2 is 0.325 bits per heavy atom. The van der Waals surface area contributed by atoms with E-state index in [0.717, 1.165) is 148 Å². The molecule has 1 saturated heterocycles. The third-order valence-corrected chi connectivity index (χ3v) is 25.6. The van der Waals surface area contributed by atoms with E-state index in [1.54, 1.807) is 0 Å². The van der Waals surface area contributed by atoms with Gasteiger partial charge >= 0.3 is 21.4 Å². The topological polar surface area (TPSA) is 165 Å². The molecule has 4 aliphatic heterocycles. The molecule has 0 atom stereocenters. The number of para-hydroxylation sites is 12. The lowest BCUT2D eigenvalue weighted by Gasteiger charge is -2.49. The normalized spacial score (nSPS) is 13.7. The first kappa shape index (κ1) is 66.2. The fourth-order valence-corrected chi connectivity index (χ4v) is 20.8. The van der Waals surface area contributed by atoms with Gasteiger partial charge in [0.15, 0.2) is 0 Å².